The molecule has 0 N–H and O–H groups in total. The van der Waals surface area contributed by atoms with Crippen LogP contribution < -0.4 is 0 Å². The Morgan fingerprint density at radius 3 is 2.64 bits per heavy atom. The van der Waals surface area contributed by atoms with Crippen LogP contribution in [-0.4, -0.2) is 17.5 Å². The second-order valence-corrected chi connectivity index (χ2v) is 7.12. The molecule has 0 amide bonds. The standard InChI is InChI=1S/C22H21NO5/c24-20-9-5-4-8-18(20)17-11-10-16(13-19(17)23(25)26)22-21(27-14-28-22)12-15-6-2-1-3-7-15/h1-3,6-7,10-11,13,18H,4-5,8-9,12,14H2. The largest absolute Gasteiger partial charge is 0.458 e. The fourth-order valence-electron chi connectivity index (χ4n) is 3.91. The number of carbonyl (C=O) groups excluding carboxylic acids is 1. The summed E-state index contributed by atoms with van der Waals surface area (Å²) >= 11 is 0. The molecule has 2 aliphatic rings. The molecule has 0 radical (unpaired) electrons. The van der Waals surface area contributed by atoms with E-state index in [1.165, 1.54) is 6.07 Å². The molecule has 1 saturated carbocycles. The fourth-order valence-corrected chi connectivity index (χ4v) is 3.91. The number of rotatable bonds is 5. The minimum Gasteiger partial charge on any atom is -0.458 e. The second-order valence-electron chi connectivity index (χ2n) is 7.12. The maximum Gasteiger partial charge on any atom is 0.274 e. The van der Waals surface area contributed by atoms with Crippen molar-refractivity contribution >= 4 is 17.2 Å². The average molecular weight is 379 g/mol. The summed E-state index contributed by atoms with van der Waals surface area (Å²) in [6.45, 7) is 0.0914. The Hall–Kier alpha value is -3.15. The van der Waals surface area contributed by atoms with Crippen molar-refractivity contribution in [2.24, 2.45) is 0 Å². The molecule has 28 heavy (non-hydrogen) atoms. The maximum absolute atomic E-state index is 12.3. The van der Waals surface area contributed by atoms with Gasteiger partial charge in [0.15, 0.2) is 5.76 Å². The lowest BCUT2D eigenvalue weighted by molar-refractivity contribution is -0.385. The van der Waals surface area contributed by atoms with Crippen LogP contribution in [0.25, 0.3) is 5.76 Å². The van der Waals surface area contributed by atoms with Crippen molar-refractivity contribution in [1.82, 2.24) is 0 Å². The summed E-state index contributed by atoms with van der Waals surface area (Å²) in [5.74, 6) is 0.878. The number of allylic oxidation sites excluding steroid dienone is 1. The number of Topliss-reactive ketones (excluding diaryl/α,β-unsaturated/α-hetero) is 1. The lowest BCUT2D eigenvalue weighted by Gasteiger charge is -2.21. The van der Waals surface area contributed by atoms with Gasteiger partial charge in [-0.3, -0.25) is 14.9 Å². The number of nitro benzene ring substituents is 1. The van der Waals surface area contributed by atoms with E-state index in [1.54, 1.807) is 12.1 Å². The van der Waals surface area contributed by atoms with Crippen molar-refractivity contribution in [3.8, 4) is 0 Å². The first kappa shape index (κ1) is 18.2. The van der Waals surface area contributed by atoms with E-state index < -0.39 is 4.92 Å². The van der Waals surface area contributed by atoms with Crippen LogP contribution >= 0.6 is 0 Å². The highest BCUT2D eigenvalue weighted by Gasteiger charge is 2.31. The average Bonchev–Trinajstić information content (AvgIpc) is 3.17. The Bertz CT molecular complexity index is 935. The third kappa shape index (κ3) is 3.63. The van der Waals surface area contributed by atoms with Crippen LogP contribution in [-0.2, 0) is 20.7 Å². The molecular formula is C22H21NO5. The van der Waals surface area contributed by atoms with Crippen molar-refractivity contribution in [1.29, 1.82) is 0 Å². The molecule has 0 spiro atoms. The van der Waals surface area contributed by atoms with Crippen LogP contribution in [0.5, 0.6) is 0 Å². The zero-order valence-electron chi connectivity index (χ0n) is 15.4. The molecule has 6 nitrogen and oxygen atoms in total. The van der Waals surface area contributed by atoms with Crippen LogP contribution in [0.1, 0.15) is 48.3 Å². The normalized spacial score (nSPS) is 19.3. The van der Waals surface area contributed by atoms with Gasteiger partial charge in [-0.2, -0.15) is 0 Å². The number of nitro groups is 1. The molecule has 1 aliphatic heterocycles. The highest BCUT2D eigenvalue weighted by atomic mass is 16.7. The summed E-state index contributed by atoms with van der Waals surface area (Å²) < 4.78 is 11.3. The smallest absolute Gasteiger partial charge is 0.274 e. The Kier molecular flexibility index (Phi) is 5.10. The van der Waals surface area contributed by atoms with Gasteiger partial charge in [0, 0.05) is 36.0 Å². The van der Waals surface area contributed by atoms with Crippen LogP contribution in [0, 0.1) is 10.1 Å². The van der Waals surface area contributed by atoms with Crippen LogP contribution in [0.15, 0.2) is 54.3 Å². The Balaban J connectivity index is 1.69. The van der Waals surface area contributed by atoms with E-state index in [9.17, 15) is 14.9 Å². The summed E-state index contributed by atoms with van der Waals surface area (Å²) in [5, 5.41) is 11.7. The Morgan fingerprint density at radius 2 is 1.89 bits per heavy atom. The maximum atomic E-state index is 12.3. The molecule has 0 saturated heterocycles. The van der Waals surface area contributed by atoms with Crippen LogP contribution in [0.2, 0.25) is 0 Å². The van der Waals surface area contributed by atoms with Gasteiger partial charge < -0.3 is 9.47 Å². The van der Waals surface area contributed by atoms with E-state index in [4.69, 9.17) is 9.47 Å². The van der Waals surface area contributed by atoms with Gasteiger partial charge >= 0.3 is 0 Å². The van der Waals surface area contributed by atoms with Crippen LogP contribution in [0.4, 0.5) is 5.69 Å². The number of hydrogen-bond acceptors (Lipinski definition) is 5. The number of carbonyl (C=O) groups is 1. The van der Waals surface area contributed by atoms with Gasteiger partial charge in [-0.25, -0.2) is 0 Å². The van der Waals surface area contributed by atoms with Crippen LogP contribution in [0.3, 0.4) is 0 Å². The Labute approximate surface area is 162 Å². The number of ketones is 1. The number of benzene rings is 2. The highest BCUT2D eigenvalue weighted by Crippen LogP contribution is 2.38. The Morgan fingerprint density at radius 1 is 1.07 bits per heavy atom. The topological polar surface area (TPSA) is 78.7 Å². The van der Waals surface area contributed by atoms with Gasteiger partial charge in [0.05, 0.1) is 4.92 Å². The predicted octanol–water partition coefficient (Wildman–Crippen LogP) is 4.74. The summed E-state index contributed by atoms with van der Waals surface area (Å²) in [4.78, 5) is 23.6. The van der Waals surface area contributed by atoms with E-state index in [1.807, 2.05) is 30.3 Å². The van der Waals surface area contributed by atoms with Gasteiger partial charge in [0.25, 0.3) is 5.69 Å². The van der Waals surface area contributed by atoms with Gasteiger partial charge in [-0.1, -0.05) is 48.9 Å². The van der Waals surface area contributed by atoms with Crippen molar-refractivity contribution in [2.45, 2.75) is 38.0 Å². The summed E-state index contributed by atoms with van der Waals surface area (Å²) in [6.07, 6.45) is 3.49. The molecule has 1 aliphatic carbocycles. The third-order valence-corrected chi connectivity index (χ3v) is 5.32. The first-order valence-electron chi connectivity index (χ1n) is 9.47. The molecule has 4 rings (SSSR count). The van der Waals surface area contributed by atoms with E-state index in [-0.39, 0.29) is 24.2 Å². The quantitative estimate of drug-likeness (QED) is 0.554. The molecule has 2 aromatic rings. The molecule has 0 bridgehead atoms. The highest BCUT2D eigenvalue weighted by molar-refractivity contribution is 5.87. The van der Waals surface area contributed by atoms with Crippen molar-refractivity contribution in [2.75, 3.05) is 6.79 Å². The van der Waals surface area contributed by atoms with Gasteiger partial charge in [0.2, 0.25) is 6.79 Å². The molecule has 1 heterocycles. The lowest BCUT2D eigenvalue weighted by atomic mass is 9.82. The molecule has 0 aromatic heterocycles. The summed E-state index contributed by atoms with van der Waals surface area (Å²) in [6, 6.07) is 14.8. The van der Waals surface area contributed by atoms with Gasteiger partial charge in [-0.05, 0) is 18.4 Å². The number of nitrogens with zero attached hydrogens (tertiary/aromatic N) is 1. The van der Waals surface area contributed by atoms with E-state index in [0.717, 1.165) is 18.4 Å². The molecule has 2 aromatic carbocycles. The van der Waals surface area contributed by atoms with Gasteiger partial charge in [-0.15, -0.1) is 0 Å². The molecule has 6 heteroatoms. The van der Waals surface area contributed by atoms with E-state index in [0.29, 0.717) is 41.9 Å². The summed E-state index contributed by atoms with van der Waals surface area (Å²) in [5.41, 5.74) is 2.14. The van der Waals surface area contributed by atoms with E-state index >= 15 is 0 Å². The lowest BCUT2D eigenvalue weighted by Crippen LogP contribution is -2.18. The summed E-state index contributed by atoms with van der Waals surface area (Å²) in [7, 11) is 0. The number of ether oxygens (including phenoxy) is 2. The number of hydrogen-bond donors (Lipinski definition) is 0. The fraction of sp³-hybridized carbons (Fsp3) is 0.318. The molecule has 1 atom stereocenters. The zero-order chi connectivity index (χ0) is 19.5. The van der Waals surface area contributed by atoms with Crippen molar-refractivity contribution in [3.63, 3.8) is 0 Å². The molecule has 1 fully saturated rings. The van der Waals surface area contributed by atoms with Crippen molar-refractivity contribution < 1.29 is 19.2 Å². The SMILES string of the molecule is O=C1CCCCC1c1ccc(C2=C(Cc3ccccc3)OCO2)cc1[N+](=O)[O-]. The first-order chi connectivity index (χ1) is 13.6. The minimum atomic E-state index is -0.409. The predicted molar refractivity (Wildman–Crippen MR) is 103 cm³/mol. The molecule has 144 valence electrons. The van der Waals surface area contributed by atoms with E-state index in [2.05, 4.69) is 0 Å². The first-order valence-corrected chi connectivity index (χ1v) is 9.47. The van der Waals surface area contributed by atoms with Gasteiger partial charge in [0.1, 0.15) is 11.5 Å². The minimum absolute atomic E-state index is 0.0280. The molecule has 1 unspecified atom stereocenters. The monoisotopic (exact) mass is 379 g/mol. The second kappa shape index (κ2) is 7.84. The third-order valence-electron chi connectivity index (χ3n) is 5.32. The van der Waals surface area contributed by atoms with Crippen molar-refractivity contribution in [3.05, 3.63) is 81.1 Å². The molecular weight excluding hydrogens is 358 g/mol. The zero-order valence-corrected chi connectivity index (χ0v) is 15.4.